The Morgan fingerprint density at radius 1 is 1.39 bits per heavy atom. The van der Waals surface area contributed by atoms with E-state index in [1.807, 2.05) is 18.2 Å². The molecule has 1 aromatic carbocycles. The summed E-state index contributed by atoms with van der Waals surface area (Å²) in [6, 6.07) is 7.91. The highest BCUT2D eigenvalue weighted by Crippen LogP contribution is 2.41. The molecule has 0 saturated carbocycles. The molecule has 3 heteroatoms. The van der Waals surface area contributed by atoms with E-state index in [1.165, 1.54) is 5.56 Å². The van der Waals surface area contributed by atoms with E-state index >= 15 is 0 Å². The molecule has 2 aliphatic rings. The first kappa shape index (κ1) is 11.7. The van der Waals surface area contributed by atoms with Gasteiger partial charge in [-0.2, -0.15) is 0 Å². The van der Waals surface area contributed by atoms with Crippen LogP contribution in [0.15, 0.2) is 24.3 Å². The Labute approximate surface area is 108 Å². The lowest BCUT2D eigenvalue weighted by atomic mass is 9.73. The van der Waals surface area contributed by atoms with Crippen molar-refractivity contribution < 1.29 is 9.53 Å². The van der Waals surface area contributed by atoms with Gasteiger partial charge in [0.1, 0.15) is 5.75 Å². The molecule has 96 valence electrons. The van der Waals surface area contributed by atoms with Gasteiger partial charge in [0.05, 0.1) is 5.41 Å². The smallest absolute Gasteiger partial charge is 0.319 e. The first-order valence-corrected chi connectivity index (χ1v) is 6.76. The molecule has 18 heavy (non-hydrogen) atoms. The molecule has 0 aliphatic carbocycles. The summed E-state index contributed by atoms with van der Waals surface area (Å²) in [4.78, 5) is 14.7. The molecule has 1 unspecified atom stereocenters. The molecule has 2 heterocycles. The number of hydrogen-bond donors (Lipinski definition) is 0. The molecule has 1 fully saturated rings. The maximum absolute atomic E-state index is 12.3. The highest BCUT2D eigenvalue weighted by Gasteiger charge is 2.46. The van der Waals surface area contributed by atoms with Gasteiger partial charge in [-0.25, -0.2) is 0 Å². The van der Waals surface area contributed by atoms with Gasteiger partial charge in [-0.15, -0.1) is 0 Å². The summed E-state index contributed by atoms with van der Waals surface area (Å²) in [6.07, 6.45) is 2.88. The lowest BCUT2D eigenvalue weighted by Gasteiger charge is -2.43. The minimum absolute atomic E-state index is 0.0284. The molecule has 3 nitrogen and oxygen atoms in total. The summed E-state index contributed by atoms with van der Waals surface area (Å²) >= 11 is 0. The molecule has 0 amide bonds. The summed E-state index contributed by atoms with van der Waals surface area (Å²) in [5.74, 6) is 0.723. The van der Waals surface area contributed by atoms with Crippen molar-refractivity contribution in [3.05, 3.63) is 29.8 Å². The topological polar surface area (TPSA) is 29.5 Å². The second-order valence-corrected chi connectivity index (χ2v) is 5.43. The fourth-order valence-electron chi connectivity index (χ4n) is 3.20. The molecular formula is C15H19NO2. The molecule has 0 N–H and O–H groups in total. The second kappa shape index (κ2) is 4.39. The molecule has 3 rings (SSSR count). The largest absolute Gasteiger partial charge is 0.426 e. The number of ether oxygens (including phenoxy) is 1. The number of likely N-dealkylation sites (tertiary alicyclic amines) is 1. The zero-order valence-electron chi connectivity index (χ0n) is 10.8. The number of para-hydroxylation sites is 1. The molecule has 1 atom stereocenters. The molecule has 1 aromatic rings. The van der Waals surface area contributed by atoms with Gasteiger partial charge < -0.3 is 9.64 Å². The Hall–Kier alpha value is -1.35. The van der Waals surface area contributed by atoms with Crippen molar-refractivity contribution >= 4 is 5.97 Å². The van der Waals surface area contributed by atoms with Crippen LogP contribution in [0, 0.1) is 5.41 Å². The van der Waals surface area contributed by atoms with Crippen LogP contribution < -0.4 is 4.74 Å². The maximum Gasteiger partial charge on any atom is 0.319 e. The van der Waals surface area contributed by atoms with Crippen LogP contribution >= 0.6 is 0 Å². The summed E-state index contributed by atoms with van der Waals surface area (Å²) in [7, 11) is 0. The number of carbonyl (C=O) groups excluding carboxylic acids is 1. The van der Waals surface area contributed by atoms with E-state index in [0.717, 1.165) is 44.6 Å². The van der Waals surface area contributed by atoms with Gasteiger partial charge in [0.2, 0.25) is 0 Å². The molecule has 0 bridgehead atoms. The van der Waals surface area contributed by atoms with Gasteiger partial charge >= 0.3 is 5.97 Å². The van der Waals surface area contributed by atoms with E-state index in [1.54, 1.807) is 0 Å². The number of carbonyl (C=O) groups is 1. The van der Waals surface area contributed by atoms with Gasteiger partial charge in [0.25, 0.3) is 0 Å². The highest BCUT2D eigenvalue weighted by atomic mass is 16.5. The van der Waals surface area contributed by atoms with Crippen LogP contribution in [0.3, 0.4) is 0 Å². The van der Waals surface area contributed by atoms with Gasteiger partial charge in [-0.1, -0.05) is 25.1 Å². The third kappa shape index (κ3) is 1.83. The second-order valence-electron chi connectivity index (χ2n) is 5.43. The molecule has 0 aromatic heterocycles. The van der Waals surface area contributed by atoms with Crippen molar-refractivity contribution in [3.63, 3.8) is 0 Å². The monoisotopic (exact) mass is 245 g/mol. The third-order valence-electron chi connectivity index (χ3n) is 4.24. The highest BCUT2D eigenvalue weighted by molar-refractivity contribution is 5.82. The predicted molar refractivity (Wildman–Crippen MR) is 69.6 cm³/mol. The van der Waals surface area contributed by atoms with E-state index in [-0.39, 0.29) is 11.4 Å². The number of nitrogens with zero attached hydrogens (tertiary/aromatic N) is 1. The van der Waals surface area contributed by atoms with Crippen LogP contribution in [0.1, 0.15) is 25.3 Å². The lowest BCUT2D eigenvalue weighted by Crippen LogP contribution is -2.52. The molecule has 1 saturated heterocycles. The van der Waals surface area contributed by atoms with Crippen LogP contribution in [-0.2, 0) is 11.2 Å². The third-order valence-corrected chi connectivity index (χ3v) is 4.24. The van der Waals surface area contributed by atoms with Crippen molar-refractivity contribution in [2.75, 3.05) is 19.6 Å². The minimum Gasteiger partial charge on any atom is -0.426 e. The van der Waals surface area contributed by atoms with E-state index in [9.17, 15) is 4.79 Å². The van der Waals surface area contributed by atoms with Crippen molar-refractivity contribution in [1.82, 2.24) is 4.90 Å². The maximum atomic E-state index is 12.3. The van der Waals surface area contributed by atoms with Gasteiger partial charge in [0.15, 0.2) is 0 Å². The Balaban J connectivity index is 1.92. The molecule has 0 radical (unpaired) electrons. The summed E-state index contributed by atoms with van der Waals surface area (Å²) in [6.45, 7) is 5.11. The quantitative estimate of drug-likeness (QED) is 0.561. The summed E-state index contributed by atoms with van der Waals surface area (Å²) < 4.78 is 5.55. The van der Waals surface area contributed by atoms with Crippen molar-refractivity contribution in [1.29, 1.82) is 0 Å². The van der Waals surface area contributed by atoms with Crippen molar-refractivity contribution in [2.45, 2.75) is 26.2 Å². The molecular weight excluding hydrogens is 226 g/mol. The fraction of sp³-hybridized carbons (Fsp3) is 0.533. The normalized spacial score (nSPS) is 27.9. The van der Waals surface area contributed by atoms with E-state index < -0.39 is 0 Å². The zero-order valence-corrected chi connectivity index (χ0v) is 10.8. The summed E-state index contributed by atoms with van der Waals surface area (Å²) in [5.41, 5.74) is 0.873. The number of esters is 1. The lowest BCUT2D eigenvalue weighted by molar-refractivity contribution is -0.151. The number of benzene rings is 1. The van der Waals surface area contributed by atoms with E-state index in [4.69, 9.17) is 4.74 Å². The average Bonchev–Trinajstić information content (AvgIpc) is 2.40. The number of rotatable bonds is 1. The molecule has 2 aliphatic heterocycles. The van der Waals surface area contributed by atoms with Gasteiger partial charge in [0, 0.05) is 6.54 Å². The van der Waals surface area contributed by atoms with Crippen LogP contribution in [0.5, 0.6) is 5.75 Å². The number of fused-ring (bicyclic) bond motifs is 1. The fourth-order valence-corrected chi connectivity index (χ4v) is 3.20. The number of hydrogen-bond acceptors (Lipinski definition) is 3. The number of piperidine rings is 1. The summed E-state index contributed by atoms with van der Waals surface area (Å²) in [5, 5.41) is 0. The Kier molecular flexibility index (Phi) is 2.86. The van der Waals surface area contributed by atoms with E-state index in [0.29, 0.717) is 0 Å². The van der Waals surface area contributed by atoms with Crippen LogP contribution in [-0.4, -0.2) is 30.5 Å². The van der Waals surface area contributed by atoms with Crippen LogP contribution in [0.25, 0.3) is 0 Å². The van der Waals surface area contributed by atoms with Crippen LogP contribution in [0.4, 0.5) is 0 Å². The molecule has 1 spiro atoms. The van der Waals surface area contributed by atoms with Crippen LogP contribution in [0.2, 0.25) is 0 Å². The predicted octanol–water partition coefficient (Wildman–Crippen LogP) is 2.25. The van der Waals surface area contributed by atoms with Crippen molar-refractivity contribution in [2.24, 2.45) is 5.41 Å². The van der Waals surface area contributed by atoms with Gasteiger partial charge in [-0.05, 0) is 44.0 Å². The van der Waals surface area contributed by atoms with Crippen molar-refractivity contribution in [3.8, 4) is 5.75 Å². The SMILES string of the molecule is CCN1CCCC2(Cc3ccccc3OC2=O)C1. The standard InChI is InChI=1S/C15H19NO2/c1-2-16-9-5-8-15(11-16)10-12-6-3-4-7-13(12)18-14(15)17/h3-4,6-7H,2,5,8-11H2,1H3. The Morgan fingerprint density at radius 2 is 2.22 bits per heavy atom. The Morgan fingerprint density at radius 3 is 3.06 bits per heavy atom. The average molecular weight is 245 g/mol. The van der Waals surface area contributed by atoms with Gasteiger partial charge in [-0.3, -0.25) is 4.79 Å². The van der Waals surface area contributed by atoms with E-state index in [2.05, 4.69) is 17.9 Å². The minimum atomic E-state index is -0.303. The first-order valence-electron chi connectivity index (χ1n) is 6.76. The first-order chi connectivity index (χ1) is 8.73. The zero-order chi connectivity index (χ0) is 12.6. The Bertz CT molecular complexity index is 471.